The number of hydrogen-bond acceptors (Lipinski definition) is 7. The van der Waals surface area contributed by atoms with Gasteiger partial charge in [-0.05, 0) is 76.1 Å². The molecule has 4 aliphatic rings. The van der Waals surface area contributed by atoms with E-state index in [4.69, 9.17) is 9.47 Å². The van der Waals surface area contributed by atoms with Gasteiger partial charge in [0.15, 0.2) is 0 Å². The third-order valence-electron chi connectivity index (χ3n) is 12.1. The fourth-order valence-electron chi connectivity index (χ4n) is 9.91. The summed E-state index contributed by atoms with van der Waals surface area (Å²) in [7, 11) is 1.86. The van der Waals surface area contributed by atoms with Gasteiger partial charge in [-0.25, -0.2) is 4.79 Å². The molecular weight excluding hydrogens is 652 g/mol. The fourth-order valence-corrected chi connectivity index (χ4v) is 9.91. The molecule has 0 saturated carbocycles. The minimum atomic E-state index is -0.677. The third-order valence-corrected chi connectivity index (χ3v) is 12.1. The van der Waals surface area contributed by atoms with Gasteiger partial charge in [0.2, 0.25) is 5.91 Å². The van der Waals surface area contributed by atoms with E-state index in [-0.39, 0.29) is 42.7 Å². The second kappa shape index (κ2) is 14.6. The number of likely N-dealkylation sites (N-methyl/N-ethyl adjacent to an activating group) is 1. The molecular formula is C43H56N4O5. The van der Waals surface area contributed by atoms with Crippen LogP contribution < -0.4 is 0 Å². The van der Waals surface area contributed by atoms with Crippen molar-refractivity contribution >= 4 is 12.0 Å². The van der Waals surface area contributed by atoms with Gasteiger partial charge in [0.05, 0.1) is 36.8 Å². The van der Waals surface area contributed by atoms with Crippen molar-refractivity contribution < 1.29 is 24.2 Å². The predicted octanol–water partition coefficient (Wildman–Crippen LogP) is 5.90. The molecule has 4 atom stereocenters. The van der Waals surface area contributed by atoms with Crippen molar-refractivity contribution in [2.75, 3.05) is 53.0 Å². The first kappa shape index (κ1) is 36.6. The number of nitrogens with zero attached hydrogens (tertiary/aromatic N) is 4. The first-order chi connectivity index (χ1) is 25.0. The molecule has 1 N–H and O–H groups in total. The van der Waals surface area contributed by atoms with Crippen LogP contribution in [0.2, 0.25) is 0 Å². The molecule has 2 amide bonds. The second-order valence-electron chi connectivity index (χ2n) is 16.6. The SMILES string of the molecule is CN(CC12CCC(CN(C(c3ccccc3)(c3ccccc3)c3ccccc3)C1)N2C(=O)OC(C)(C)C)C(=O)CCO[C@H]1CN2CCC[C@]2(CO)C1. The summed E-state index contributed by atoms with van der Waals surface area (Å²) in [6.07, 6.45) is 4.47. The van der Waals surface area contributed by atoms with Crippen molar-refractivity contribution in [3.05, 3.63) is 108 Å². The summed E-state index contributed by atoms with van der Waals surface area (Å²) in [6.45, 7) is 9.61. The van der Waals surface area contributed by atoms with E-state index in [1.807, 2.05) is 37.6 Å². The minimum Gasteiger partial charge on any atom is -0.444 e. The lowest BCUT2D eigenvalue weighted by Crippen LogP contribution is -2.70. The van der Waals surface area contributed by atoms with E-state index in [1.54, 1.807) is 0 Å². The largest absolute Gasteiger partial charge is 0.444 e. The maximum Gasteiger partial charge on any atom is 0.411 e. The zero-order valence-corrected chi connectivity index (χ0v) is 31.4. The number of rotatable bonds is 11. The van der Waals surface area contributed by atoms with Gasteiger partial charge in [-0.15, -0.1) is 0 Å². The lowest BCUT2D eigenvalue weighted by Gasteiger charge is -2.56. The number of ether oxygens (including phenoxy) is 2. The normalized spacial score (nSPS) is 26.4. The summed E-state index contributed by atoms with van der Waals surface area (Å²) in [4.78, 5) is 36.8. The van der Waals surface area contributed by atoms with Crippen LogP contribution in [0.3, 0.4) is 0 Å². The van der Waals surface area contributed by atoms with Gasteiger partial charge < -0.3 is 19.5 Å². The van der Waals surface area contributed by atoms with Crippen LogP contribution in [0.25, 0.3) is 0 Å². The quantitative estimate of drug-likeness (QED) is 0.249. The predicted molar refractivity (Wildman–Crippen MR) is 202 cm³/mol. The number of amides is 2. The maximum absolute atomic E-state index is 14.2. The summed E-state index contributed by atoms with van der Waals surface area (Å²) < 4.78 is 12.4. The van der Waals surface area contributed by atoms with Crippen LogP contribution in [-0.2, 0) is 19.8 Å². The lowest BCUT2D eigenvalue weighted by atomic mass is 9.74. The Kier molecular flexibility index (Phi) is 10.3. The molecule has 7 rings (SSSR count). The highest BCUT2D eigenvalue weighted by Crippen LogP contribution is 2.49. The maximum atomic E-state index is 14.2. The van der Waals surface area contributed by atoms with Crippen LogP contribution in [-0.4, -0.2) is 119 Å². The Morgan fingerprint density at radius 3 is 2.00 bits per heavy atom. The van der Waals surface area contributed by atoms with Crippen LogP contribution in [0, 0.1) is 0 Å². The second-order valence-corrected chi connectivity index (χ2v) is 16.6. The zero-order chi connectivity index (χ0) is 36.6. The van der Waals surface area contributed by atoms with Crippen molar-refractivity contribution in [1.29, 1.82) is 0 Å². The van der Waals surface area contributed by atoms with Gasteiger partial charge in [-0.2, -0.15) is 0 Å². The zero-order valence-electron chi connectivity index (χ0n) is 31.4. The molecule has 3 aromatic carbocycles. The molecule has 2 bridgehead atoms. The average molecular weight is 709 g/mol. The molecule has 278 valence electrons. The number of likely N-dealkylation sites (tertiary alicyclic amines) is 1. The van der Waals surface area contributed by atoms with Gasteiger partial charge in [-0.3, -0.25) is 19.5 Å². The summed E-state index contributed by atoms with van der Waals surface area (Å²) >= 11 is 0. The number of hydrogen-bond donors (Lipinski definition) is 1. The third kappa shape index (κ3) is 6.77. The minimum absolute atomic E-state index is 0.00472. The first-order valence-corrected chi connectivity index (χ1v) is 19.2. The van der Waals surface area contributed by atoms with Gasteiger partial charge in [0.1, 0.15) is 5.60 Å². The van der Waals surface area contributed by atoms with E-state index in [0.29, 0.717) is 26.2 Å². The van der Waals surface area contributed by atoms with E-state index in [2.05, 4.69) is 101 Å². The molecule has 4 fully saturated rings. The van der Waals surface area contributed by atoms with Gasteiger partial charge in [0.25, 0.3) is 0 Å². The van der Waals surface area contributed by atoms with E-state index in [0.717, 1.165) is 61.9 Å². The standard InChI is InChI=1S/C43H56N4O5/c1-40(2,3)52-39(50)47-36-21-24-42(47,30-44(4)38(49)22-26-51-37-27-41(32-48)23-14-25-45(41)29-37)31-46(28-36)43(33-15-8-5-9-16-33,34-17-10-6-11-18-34)35-19-12-7-13-20-35/h5-13,15-20,36-37,48H,14,21-32H2,1-4H3/t36?,37-,41-,42?/m1/s1. The summed E-state index contributed by atoms with van der Waals surface area (Å²) in [6, 6.07) is 31.9. The Morgan fingerprint density at radius 2 is 1.46 bits per heavy atom. The van der Waals surface area contributed by atoms with Crippen molar-refractivity contribution in [3.63, 3.8) is 0 Å². The number of carbonyl (C=O) groups excluding carboxylic acids is 2. The topological polar surface area (TPSA) is 85.8 Å². The Hall–Kier alpha value is -3.76. The number of fused-ring (bicyclic) bond motifs is 3. The number of carbonyl (C=O) groups is 2. The molecule has 0 aliphatic carbocycles. The van der Waals surface area contributed by atoms with E-state index < -0.39 is 16.7 Å². The van der Waals surface area contributed by atoms with Crippen molar-refractivity contribution in [3.8, 4) is 0 Å². The van der Waals surface area contributed by atoms with Crippen LogP contribution in [0.4, 0.5) is 4.79 Å². The molecule has 2 unspecified atom stereocenters. The molecule has 4 aliphatic heterocycles. The molecule has 52 heavy (non-hydrogen) atoms. The molecule has 0 spiro atoms. The van der Waals surface area contributed by atoms with Crippen molar-refractivity contribution in [1.82, 2.24) is 19.6 Å². The van der Waals surface area contributed by atoms with Crippen molar-refractivity contribution in [2.24, 2.45) is 0 Å². The summed E-state index contributed by atoms with van der Waals surface area (Å²) in [5.74, 6) is -0.00472. The number of piperazine rings is 1. The Balaban J connectivity index is 1.19. The lowest BCUT2D eigenvalue weighted by molar-refractivity contribution is -0.134. The smallest absolute Gasteiger partial charge is 0.411 e. The first-order valence-electron chi connectivity index (χ1n) is 19.2. The molecule has 4 heterocycles. The molecule has 3 aromatic rings. The van der Waals surface area contributed by atoms with E-state index in [9.17, 15) is 14.7 Å². The van der Waals surface area contributed by atoms with Crippen LogP contribution in [0.15, 0.2) is 91.0 Å². The highest BCUT2D eigenvalue weighted by Gasteiger charge is 2.59. The van der Waals surface area contributed by atoms with E-state index in [1.165, 1.54) is 0 Å². The molecule has 9 nitrogen and oxygen atoms in total. The molecule has 9 heteroatoms. The van der Waals surface area contributed by atoms with Gasteiger partial charge in [0, 0.05) is 44.8 Å². The molecule has 4 saturated heterocycles. The van der Waals surface area contributed by atoms with Gasteiger partial charge >= 0.3 is 6.09 Å². The highest BCUT2D eigenvalue weighted by atomic mass is 16.6. The van der Waals surface area contributed by atoms with Crippen LogP contribution in [0.5, 0.6) is 0 Å². The Labute approximate surface area is 309 Å². The van der Waals surface area contributed by atoms with Crippen molar-refractivity contribution in [2.45, 2.75) is 93.7 Å². The van der Waals surface area contributed by atoms with E-state index >= 15 is 0 Å². The Bertz CT molecular complexity index is 1590. The monoisotopic (exact) mass is 708 g/mol. The number of aliphatic hydroxyl groups excluding tert-OH is 1. The average Bonchev–Trinajstić information content (AvgIpc) is 3.76. The summed E-state index contributed by atoms with van der Waals surface area (Å²) in [5.41, 5.74) is 1.34. The number of aliphatic hydroxyl groups is 1. The molecule has 0 aromatic heterocycles. The fraction of sp³-hybridized carbons (Fsp3) is 0.535. The van der Waals surface area contributed by atoms with Crippen LogP contribution >= 0.6 is 0 Å². The molecule has 0 radical (unpaired) electrons. The summed E-state index contributed by atoms with van der Waals surface area (Å²) in [5, 5.41) is 10.1. The van der Waals surface area contributed by atoms with Crippen LogP contribution in [0.1, 0.15) is 76.0 Å². The Morgan fingerprint density at radius 1 is 0.865 bits per heavy atom. The highest BCUT2D eigenvalue weighted by molar-refractivity contribution is 5.76. The number of benzene rings is 3. The van der Waals surface area contributed by atoms with Gasteiger partial charge in [-0.1, -0.05) is 91.0 Å².